The quantitative estimate of drug-likeness (QED) is 0.150. The number of carboxylic acid groups (broad SMARTS) is 1. The highest BCUT2D eigenvalue weighted by Gasteiger charge is 2.52. The fraction of sp³-hybridized carbons (Fsp3) is 0.842. The predicted molar refractivity (Wildman–Crippen MR) is 108 cm³/mol. The Hall–Kier alpha value is -1.95. The van der Waals surface area contributed by atoms with Crippen molar-refractivity contribution < 1.29 is 64.0 Å². The van der Waals surface area contributed by atoms with Gasteiger partial charge in [-0.15, -0.1) is 0 Å². The van der Waals surface area contributed by atoms with E-state index in [1.807, 2.05) is 0 Å². The smallest absolute Gasteiger partial charge is 0.332 e. The molecule has 0 spiro atoms. The third kappa shape index (κ3) is 6.59. The van der Waals surface area contributed by atoms with Crippen LogP contribution in [0, 0.1) is 0 Å². The number of aliphatic hydroxyl groups is 5. The topological polar surface area (TPSA) is 234 Å². The van der Waals surface area contributed by atoms with E-state index in [9.17, 15) is 45.0 Å². The molecular formula is C19H32N2O13. The highest BCUT2D eigenvalue weighted by atomic mass is 16.7. The van der Waals surface area contributed by atoms with E-state index in [4.69, 9.17) is 18.9 Å². The van der Waals surface area contributed by atoms with Crippen LogP contribution in [0.4, 0.5) is 0 Å². The third-order valence-electron chi connectivity index (χ3n) is 5.47. The van der Waals surface area contributed by atoms with Crippen LogP contribution < -0.4 is 10.6 Å². The Kier molecular flexibility index (Phi) is 10.1. The lowest BCUT2D eigenvalue weighted by molar-refractivity contribution is -0.331. The number of carbonyl (C=O) groups is 3. The van der Waals surface area contributed by atoms with Crippen LogP contribution in [0.15, 0.2) is 0 Å². The molecule has 15 heteroatoms. The number of aliphatic carboxylic acids is 1. The van der Waals surface area contributed by atoms with Gasteiger partial charge in [-0.2, -0.15) is 0 Å². The first-order valence-corrected chi connectivity index (χ1v) is 10.6. The molecule has 2 amide bonds. The molecule has 0 aromatic carbocycles. The lowest BCUT2D eigenvalue weighted by Crippen LogP contribution is -2.69. The number of rotatable bonds is 9. The van der Waals surface area contributed by atoms with Crippen molar-refractivity contribution in [2.45, 2.75) is 88.2 Å². The number of aliphatic hydroxyl groups excluding tert-OH is 5. The Morgan fingerprint density at radius 1 is 0.882 bits per heavy atom. The van der Waals surface area contributed by atoms with Crippen LogP contribution in [-0.4, -0.2) is 129 Å². The molecule has 2 fully saturated rings. The zero-order valence-corrected chi connectivity index (χ0v) is 18.8. The average Bonchev–Trinajstić information content (AvgIpc) is 2.75. The molecule has 2 heterocycles. The van der Waals surface area contributed by atoms with Gasteiger partial charge in [0, 0.05) is 13.8 Å². The zero-order valence-electron chi connectivity index (χ0n) is 18.8. The van der Waals surface area contributed by atoms with Crippen LogP contribution >= 0.6 is 0 Å². The maximum absolute atomic E-state index is 11.9. The molecule has 0 aliphatic carbocycles. The molecule has 0 aromatic heterocycles. The second-order valence-corrected chi connectivity index (χ2v) is 8.09. The largest absolute Gasteiger partial charge is 0.479 e. The van der Waals surface area contributed by atoms with Gasteiger partial charge in [-0.3, -0.25) is 9.59 Å². The minimum atomic E-state index is -1.69. The number of nitrogens with one attached hydrogen (secondary N) is 2. The van der Waals surface area contributed by atoms with E-state index in [0.717, 1.165) is 13.8 Å². The van der Waals surface area contributed by atoms with Crippen molar-refractivity contribution >= 4 is 17.8 Å². The van der Waals surface area contributed by atoms with Crippen LogP contribution in [-0.2, 0) is 33.3 Å². The predicted octanol–water partition coefficient (Wildman–Crippen LogP) is -4.61. The number of ether oxygens (including phenoxy) is 4. The molecule has 34 heavy (non-hydrogen) atoms. The summed E-state index contributed by atoms with van der Waals surface area (Å²) in [6.45, 7) is 2.00. The van der Waals surface area contributed by atoms with Crippen molar-refractivity contribution in [3.05, 3.63) is 0 Å². The lowest BCUT2D eigenvalue weighted by atomic mass is 9.94. The van der Waals surface area contributed by atoms with Crippen molar-refractivity contribution in [2.75, 3.05) is 13.2 Å². The number of amides is 2. The van der Waals surface area contributed by atoms with Gasteiger partial charge in [0.1, 0.15) is 48.7 Å². The molecule has 0 bridgehead atoms. The van der Waals surface area contributed by atoms with E-state index >= 15 is 0 Å². The fourth-order valence-corrected chi connectivity index (χ4v) is 3.82. The monoisotopic (exact) mass is 496 g/mol. The summed E-state index contributed by atoms with van der Waals surface area (Å²) in [6, 6.07) is -2.69. The Morgan fingerprint density at radius 3 is 1.94 bits per heavy atom. The van der Waals surface area contributed by atoms with E-state index in [1.165, 1.54) is 6.92 Å². The molecule has 2 rings (SSSR count). The van der Waals surface area contributed by atoms with Crippen molar-refractivity contribution in [1.82, 2.24) is 10.6 Å². The average molecular weight is 496 g/mol. The second-order valence-electron chi connectivity index (χ2n) is 8.09. The first-order chi connectivity index (χ1) is 15.9. The minimum absolute atomic E-state index is 0.600. The van der Waals surface area contributed by atoms with E-state index in [0.29, 0.717) is 0 Å². The van der Waals surface area contributed by atoms with Gasteiger partial charge in [0.15, 0.2) is 18.7 Å². The van der Waals surface area contributed by atoms with E-state index in [-0.39, 0.29) is 0 Å². The van der Waals surface area contributed by atoms with Crippen LogP contribution in [0.3, 0.4) is 0 Å². The van der Waals surface area contributed by atoms with Crippen LogP contribution in [0.5, 0.6) is 0 Å². The Labute approximate surface area is 194 Å². The van der Waals surface area contributed by atoms with E-state index in [1.54, 1.807) is 0 Å². The zero-order chi connectivity index (χ0) is 25.7. The first kappa shape index (κ1) is 28.3. The fourth-order valence-electron chi connectivity index (χ4n) is 3.82. The molecule has 2 aliphatic rings. The van der Waals surface area contributed by atoms with Gasteiger partial charge < -0.3 is 60.2 Å². The molecule has 2 aliphatic heterocycles. The van der Waals surface area contributed by atoms with Gasteiger partial charge in [0.05, 0.1) is 13.2 Å². The summed E-state index contributed by atoms with van der Waals surface area (Å²) in [4.78, 5) is 34.6. The normalized spacial score (nSPS) is 39.2. The Morgan fingerprint density at radius 2 is 1.44 bits per heavy atom. The number of carboxylic acids is 1. The van der Waals surface area contributed by atoms with E-state index < -0.39 is 98.4 Å². The molecule has 196 valence electrons. The Bertz CT molecular complexity index is 724. The summed E-state index contributed by atoms with van der Waals surface area (Å²) in [5, 5.41) is 64.7. The van der Waals surface area contributed by atoms with E-state index in [2.05, 4.69) is 10.6 Å². The molecule has 0 aromatic rings. The Balaban J connectivity index is 2.38. The molecule has 11 atom stereocenters. The second kappa shape index (κ2) is 12.1. The van der Waals surface area contributed by atoms with Crippen LogP contribution in [0.2, 0.25) is 0 Å². The minimum Gasteiger partial charge on any atom is -0.479 e. The van der Waals surface area contributed by atoms with Crippen molar-refractivity contribution in [1.29, 1.82) is 0 Å². The summed E-state index contributed by atoms with van der Waals surface area (Å²) in [7, 11) is 0. The summed E-state index contributed by atoms with van der Waals surface area (Å²) in [5.74, 6) is -2.58. The maximum atomic E-state index is 11.9. The molecule has 1 unspecified atom stereocenters. The standard InChI is InChI=1S/C19H32N2O13/c1-6(17(28)29)31-16-12(21-8(3)25)19(33-9(4-22)13(16)26)34-15-10(5-23)32-18(30)11(14(15)27)20-7(2)24/h6,9-16,18-19,22-23,26-27,30H,4-5H2,1-3H3,(H,20,24)(H,21,25)(H,28,29)/t6?,9-,10-,11-,12-,13-,14-,15-,16-,18-,19+/m1/s1. The molecule has 2 saturated heterocycles. The summed E-state index contributed by atoms with van der Waals surface area (Å²) < 4.78 is 22.0. The van der Waals surface area contributed by atoms with Crippen LogP contribution in [0.1, 0.15) is 20.8 Å². The summed E-state index contributed by atoms with van der Waals surface area (Å²) >= 11 is 0. The third-order valence-corrected chi connectivity index (χ3v) is 5.47. The maximum Gasteiger partial charge on any atom is 0.332 e. The first-order valence-electron chi connectivity index (χ1n) is 10.6. The van der Waals surface area contributed by atoms with Crippen molar-refractivity contribution in [3.63, 3.8) is 0 Å². The van der Waals surface area contributed by atoms with Gasteiger partial charge in [0.25, 0.3) is 0 Å². The van der Waals surface area contributed by atoms with Gasteiger partial charge in [0.2, 0.25) is 11.8 Å². The van der Waals surface area contributed by atoms with Gasteiger partial charge in [-0.25, -0.2) is 4.79 Å². The highest BCUT2D eigenvalue weighted by molar-refractivity contribution is 5.74. The molecule has 0 saturated carbocycles. The molecule has 15 nitrogen and oxygen atoms in total. The van der Waals surface area contributed by atoms with Crippen molar-refractivity contribution in [3.8, 4) is 0 Å². The summed E-state index contributed by atoms with van der Waals surface area (Å²) in [5.41, 5.74) is 0. The number of hydrogen-bond donors (Lipinski definition) is 8. The molecule has 8 N–H and O–H groups in total. The van der Waals surface area contributed by atoms with Crippen molar-refractivity contribution in [2.24, 2.45) is 0 Å². The highest BCUT2D eigenvalue weighted by Crippen LogP contribution is 2.30. The van der Waals surface area contributed by atoms with Gasteiger partial charge in [-0.1, -0.05) is 0 Å². The lowest BCUT2D eigenvalue weighted by Gasteiger charge is -2.48. The molecule has 0 radical (unpaired) electrons. The number of carbonyl (C=O) groups excluding carboxylic acids is 2. The SMILES string of the molecule is CC(=O)N[C@@H]1[C@@H](O)[C@H](O[C@@H]2O[C@H](CO)[C@@H](O)[C@H](OC(C)C(=O)O)[C@H]2NC(C)=O)[C@@H](CO)O[C@H]1O. The van der Waals surface area contributed by atoms with Gasteiger partial charge >= 0.3 is 5.97 Å². The number of hydrogen-bond acceptors (Lipinski definition) is 12. The summed E-state index contributed by atoms with van der Waals surface area (Å²) in [6.07, 6.45) is -13.4. The molecular weight excluding hydrogens is 464 g/mol. The van der Waals surface area contributed by atoms with Crippen LogP contribution in [0.25, 0.3) is 0 Å². The van der Waals surface area contributed by atoms with Gasteiger partial charge in [-0.05, 0) is 6.92 Å².